The molecule has 1 aliphatic heterocycles. The van der Waals surface area contributed by atoms with E-state index in [1.165, 1.54) is 17.3 Å². The molecule has 0 N–H and O–H groups in total. The molecule has 1 saturated heterocycles. The molecule has 1 fully saturated rings. The SMILES string of the molecule is Cn1c(SCC(=O)N2CCN(Cc3cccc(Cl)c3)CC2)nnc1-c1ccco1. The van der Waals surface area contributed by atoms with E-state index in [1.54, 1.807) is 6.26 Å². The molecule has 3 heterocycles. The second-order valence-electron chi connectivity index (χ2n) is 6.92. The summed E-state index contributed by atoms with van der Waals surface area (Å²) in [5, 5.41) is 9.80. The van der Waals surface area contributed by atoms with Crippen LogP contribution in [0.15, 0.2) is 52.2 Å². The normalized spacial score (nSPS) is 15.0. The van der Waals surface area contributed by atoms with Gasteiger partial charge in [0.2, 0.25) is 5.91 Å². The number of carbonyl (C=O) groups excluding carboxylic acids is 1. The number of furan rings is 1. The second kappa shape index (κ2) is 9.02. The van der Waals surface area contributed by atoms with Gasteiger partial charge in [0.05, 0.1) is 12.0 Å². The van der Waals surface area contributed by atoms with Gasteiger partial charge in [-0.05, 0) is 29.8 Å². The average molecular weight is 432 g/mol. The second-order valence-corrected chi connectivity index (χ2v) is 8.30. The Labute approximate surface area is 178 Å². The van der Waals surface area contributed by atoms with Crippen LogP contribution in [-0.4, -0.2) is 62.4 Å². The number of benzene rings is 1. The van der Waals surface area contributed by atoms with Crippen molar-refractivity contribution in [3.8, 4) is 11.6 Å². The van der Waals surface area contributed by atoms with Crippen LogP contribution in [0.4, 0.5) is 0 Å². The third-order valence-corrected chi connectivity index (χ3v) is 6.16. The van der Waals surface area contributed by atoms with Crippen LogP contribution in [0.2, 0.25) is 5.02 Å². The lowest BCUT2D eigenvalue weighted by atomic mass is 10.2. The molecule has 0 spiro atoms. The summed E-state index contributed by atoms with van der Waals surface area (Å²) in [6.45, 7) is 4.03. The summed E-state index contributed by atoms with van der Waals surface area (Å²) in [4.78, 5) is 16.9. The van der Waals surface area contributed by atoms with E-state index in [0.29, 0.717) is 22.5 Å². The van der Waals surface area contributed by atoms with Crippen molar-refractivity contribution in [1.82, 2.24) is 24.6 Å². The summed E-state index contributed by atoms with van der Waals surface area (Å²) < 4.78 is 7.22. The number of hydrogen-bond donors (Lipinski definition) is 0. The molecule has 0 saturated carbocycles. The van der Waals surface area contributed by atoms with Gasteiger partial charge in [0.1, 0.15) is 0 Å². The molecule has 0 atom stereocenters. The summed E-state index contributed by atoms with van der Waals surface area (Å²) in [5.41, 5.74) is 1.20. The van der Waals surface area contributed by atoms with Gasteiger partial charge < -0.3 is 13.9 Å². The first-order valence-corrected chi connectivity index (χ1v) is 10.8. The van der Waals surface area contributed by atoms with Crippen LogP contribution in [0.5, 0.6) is 0 Å². The standard InChI is InChI=1S/C20H22ClN5O2S/c1-24-19(17-6-3-11-28-17)22-23-20(24)29-14-18(27)26-9-7-25(8-10-26)13-15-4-2-5-16(21)12-15/h2-6,11-12H,7-10,13-14H2,1H3. The zero-order valence-corrected chi connectivity index (χ0v) is 17.7. The van der Waals surface area contributed by atoms with Crippen LogP contribution in [0.25, 0.3) is 11.6 Å². The number of piperazine rings is 1. The Kier molecular flexibility index (Phi) is 6.22. The number of carbonyl (C=O) groups is 1. The van der Waals surface area contributed by atoms with Crippen LogP contribution in [0.1, 0.15) is 5.56 Å². The van der Waals surface area contributed by atoms with E-state index in [-0.39, 0.29) is 5.91 Å². The van der Waals surface area contributed by atoms with Crippen molar-refractivity contribution >= 4 is 29.3 Å². The van der Waals surface area contributed by atoms with Gasteiger partial charge in [0, 0.05) is 44.8 Å². The molecule has 29 heavy (non-hydrogen) atoms. The van der Waals surface area contributed by atoms with Crippen molar-refractivity contribution in [3.05, 3.63) is 53.2 Å². The van der Waals surface area contributed by atoms with Gasteiger partial charge in [0.25, 0.3) is 0 Å². The molecule has 152 valence electrons. The minimum absolute atomic E-state index is 0.125. The highest BCUT2D eigenvalue weighted by atomic mass is 35.5. The highest BCUT2D eigenvalue weighted by molar-refractivity contribution is 7.99. The topological polar surface area (TPSA) is 67.4 Å². The molecule has 4 rings (SSSR count). The molecular formula is C20H22ClN5O2S. The first kappa shape index (κ1) is 20.0. The van der Waals surface area contributed by atoms with Crippen molar-refractivity contribution in [2.45, 2.75) is 11.7 Å². The molecule has 0 radical (unpaired) electrons. The predicted molar refractivity (Wildman–Crippen MR) is 113 cm³/mol. The van der Waals surface area contributed by atoms with Gasteiger partial charge in [-0.3, -0.25) is 9.69 Å². The molecule has 1 aliphatic rings. The van der Waals surface area contributed by atoms with E-state index >= 15 is 0 Å². The molecule has 0 unspecified atom stereocenters. The maximum atomic E-state index is 12.6. The van der Waals surface area contributed by atoms with Gasteiger partial charge in [-0.1, -0.05) is 35.5 Å². The molecule has 7 nitrogen and oxygen atoms in total. The van der Waals surface area contributed by atoms with Gasteiger partial charge in [-0.2, -0.15) is 0 Å². The summed E-state index contributed by atoms with van der Waals surface area (Å²) in [7, 11) is 1.87. The number of aromatic nitrogens is 3. The number of hydrogen-bond acceptors (Lipinski definition) is 6. The van der Waals surface area contributed by atoms with E-state index in [0.717, 1.165) is 37.7 Å². The monoisotopic (exact) mass is 431 g/mol. The van der Waals surface area contributed by atoms with Gasteiger partial charge in [-0.15, -0.1) is 10.2 Å². The quantitative estimate of drug-likeness (QED) is 0.558. The maximum Gasteiger partial charge on any atom is 0.233 e. The third kappa shape index (κ3) is 4.83. The minimum Gasteiger partial charge on any atom is -0.461 e. The van der Waals surface area contributed by atoms with Crippen LogP contribution in [0, 0.1) is 0 Å². The number of thioether (sulfide) groups is 1. The van der Waals surface area contributed by atoms with Gasteiger partial charge in [0.15, 0.2) is 16.7 Å². The van der Waals surface area contributed by atoms with E-state index in [1.807, 2.05) is 46.8 Å². The fourth-order valence-corrected chi connectivity index (χ4v) is 4.35. The highest BCUT2D eigenvalue weighted by Crippen LogP contribution is 2.23. The summed E-state index contributed by atoms with van der Waals surface area (Å²) in [5.74, 6) is 1.78. The number of amides is 1. The molecular weight excluding hydrogens is 410 g/mol. The molecule has 0 aliphatic carbocycles. The van der Waals surface area contributed by atoms with E-state index < -0.39 is 0 Å². The summed E-state index contributed by atoms with van der Waals surface area (Å²) in [6, 6.07) is 11.6. The Morgan fingerprint density at radius 1 is 1.17 bits per heavy atom. The van der Waals surface area contributed by atoms with Crippen LogP contribution >= 0.6 is 23.4 Å². The smallest absolute Gasteiger partial charge is 0.233 e. The van der Waals surface area contributed by atoms with Crippen molar-refractivity contribution in [3.63, 3.8) is 0 Å². The first-order valence-electron chi connectivity index (χ1n) is 9.41. The maximum absolute atomic E-state index is 12.6. The van der Waals surface area contributed by atoms with Crippen molar-refractivity contribution in [1.29, 1.82) is 0 Å². The van der Waals surface area contributed by atoms with E-state index in [4.69, 9.17) is 16.0 Å². The number of halogens is 1. The largest absolute Gasteiger partial charge is 0.461 e. The van der Waals surface area contributed by atoms with Crippen molar-refractivity contribution in [2.75, 3.05) is 31.9 Å². The predicted octanol–water partition coefficient (Wildman–Crippen LogP) is 3.17. The van der Waals surface area contributed by atoms with Crippen LogP contribution in [0.3, 0.4) is 0 Å². The lowest BCUT2D eigenvalue weighted by Crippen LogP contribution is -2.48. The van der Waals surface area contributed by atoms with Crippen LogP contribution < -0.4 is 0 Å². The number of rotatable bonds is 6. The molecule has 9 heteroatoms. The fourth-order valence-electron chi connectivity index (χ4n) is 3.33. The lowest BCUT2D eigenvalue weighted by Gasteiger charge is -2.34. The zero-order chi connectivity index (χ0) is 20.2. The molecule has 2 aromatic heterocycles. The first-order chi connectivity index (χ1) is 14.1. The Morgan fingerprint density at radius 2 is 2.00 bits per heavy atom. The van der Waals surface area contributed by atoms with Crippen molar-refractivity contribution < 1.29 is 9.21 Å². The Bertz CT molecular complexity index is 967. The van der Waals surface area contributed by atoms with Crippen molar-refractivity contribution in [2.24, 2.45) is 7.05 Å². The minimum atomic E-state index is 0.125. The highest BCUT2D eigenvalue weighted by Gasteiger charge is 2.22. The molecule has 1 amide bonds. The third-order valence-electron chi connectivity index (χ3n) is 4.92. The van der Waals surface area contributed by atoms with Gasteiger partial charge >= 0.3 is 0 Å². The summed E-state index contributed by atoms with van der Waals surface area (Å²) >= 11 is 7.46. The fraction of sp³-hybridized carbons (Fsp3) is 0.350. The Balaban J connectivity index is 1.26. The number of nitrogens with zero attached hydrogens (tertiary/aromatic N) is 5. The molecule has 0 bridgehead atoms. The lowest BCUT2D eigenvalue weighted by molar-refractivity contribution is -0.130. The summed E-state index contributed by atoms with van der Waals surface area (Å²) in [6.07, 6.45) is 1.60. The zero-order valence-electron chi connectivity index (χ0n) is 16.1. The van der Waals surface area contributed by atoms with E-state index in [9.17, 15) is 4.79 Å². The molecule has 3 aromatic rings. The Hall–Kier alpha value is -2.29. The molecule has 1 aromatic carbocycles. The van der Waals surface area contributed by atoms with Crippen LogP contribution in [-0.2, 0) is 18.4 Å². The Morgan fingerprint density at radius 3 is 2.72 bits per heavy atom. The van der Waals surface area contributed by atoms with E-state index in [2.05, 4.69) is 21.2 Å². The van der Waals surface area contributed by atoms with Gasteiger partial charge in [-0.25, -0.2) is 0 Å². The average Bonchev–Trinajstić information content (AvgIpc) is 3.36.